The van der Waals surface area contributed by atoms with E-state index in [2.05, 4.69) is 22.0 Å². The lowest BCUT2D eigenvalue weighted by molar-refractivity contribution is -0.121. The zero-order valence-corrected chi connectivity index (χ0v) is 16.0. The van der Waals surface area contributed by atoms with E-state index in [0.717, 1.165) is 46.5 Å². The second-order valence-electron chi connectivity index (χ2n) is 7.14. The Balaban J connectivity index is 0.00000192. The number of halogens is 1. The summed E-state index contributed by atoms with van der Waals surface area (Å²) in [6.45, 7) is 2.50. The molecule has 1 amide bonds. The van der Waals surface area contributed by atoms with Crippen LogP contribution in [0.3, 0.4) is 0 Å². The summed E-state index contributed by atoms with van der Waals surface area (Å²) in [4.78, 5) is 24.4. The van der Waals surface area contributed by atoms with E-state index in [1.807, 2.05) is 47.1 Å². The Kier molecular flexibility index (Phi) is 4.93. The van der Waals surface area contributed by atoms with Crippen molar-refractivity contribution in [3.05, 3.63) is 59.9 Å². The van der Waals surface area contributed by atoms with Crippen molar-refractivity contribution < 1.29 is 9.59 Å². The summed E-state index contributed by atoms with van der Waals surface area (Å²) in [6.07, 6.45) is 3.94. The predicted molar refractivity (Wildman–Crippen MR) is 111 cm³/mol. The third-order valence-corrected chi connectivity index (χ3v) is 5.43. The zero-order chi connectivity index (χ0) is 18.4. The number of anilines is 1. The molecule has 0 atom stereocenters. The Hall–Kier alpha value is -2.67. The summed E-state index contributed by atoms with van der Waals surface area (Å²) in [5, 5.41) is 9.32. The number of benzene rings is 1. The number of rotatable bonds is 3. The number of nitrogens with zero attached hydrogens (tertiary/aromatic N) is 1. The highest BCUT2D eigenvalue weighted by atomic mass is 35.5. The van der Waals surface area contributed by atoms with Gasteiger partial charge in [0.2, 0.25) is 5.91 Å². The monoisotopic (exact) mass is 396 g/mol. The van der Waals surface area contributed by atoms with E-state index in [1.165, 1.54) is 0 Å². The molecule has 0 radical (unpaired) electrons. The smallest absolute Gasteiger partial charge is 0.230 e. The summed E-state index contributed by atoms with van der Waals surface area (Å²) in [5.41, 5.74) is 5.86. The quantitative estimate of drug-likeness (QED) is 0.635. The van der Waals surface area contributed by atoms with Crippen LogP contribution in [0, 0.1) is 5.92 Å². The van der Waals surface area contributed by atoms with Crippen molar-refractivity contribution in [2.24, 2.45) is 5.92 Å². The predicted octanol–water partition coefficient (Wildman–Crippen LogP) is 2.47. The van der Waals surface area contributed by atoms with Crippen LogP contribution in [0.1, 0.15) is 15.9 Å². The van der Waals surface area contributed by atoms with Crippen LogP contribution in [0.25, 0.3) is 16.6 Å². The first-order valence-electron chi connectivity index (χ1n) is 9.19. The van der Waals surface area contributed by atoms with Gasteiger partial charge in [0.1, 0.15) is 0 Å². The van der Waals surface area contributed by atoms with Gasteiger partial charge in [-0.05, 0) is 41.0 Å². The second kappa shape index (κ2) is 7.39. The zero-order valence-electron chi connectivity index (χ0n) is 15.2. The number of ketones is 1. The molecule has 6 nitrogen and oxygen atoms in total. The Morgan fingerprint density at radius 1 is 0.964 bits per heavy atom. The highest BCUT2D eigenvalue weighted by Crippen LogP contribution is 2.31. The van der Waals surface area contributed by atoms with E-state index >= 15 is 0 Å². The molecular formula is C21H21ClN4O2. The molecule has 3 aromatic rings. The van der Waals surface area contributed by atoms with E-state index < -0.39 is 0 Å². The summed E-state index contributed by atoms with van der Waals surface area (Å²) in [5.74, 6) is 0.253. The Morgan fingerprint density at radius 3 is 2.36 bits per heavy atom. The van der Waals surface area contributed by atoms with Crippen LogP contribution < -0.4 is 16.0 Å². The molecule has 2 aromatic heterocycles. The molecule has 0 saturated carbocycles. The fourth-order valence-corrected chi connectivity index (χ4v) is 3.80. The average molecular weight is 397 g/mol. The Labute approximate surface area is 168 Å². The first-order valence-corrected chi connectivity index (χ1v) is 9.19. The minimum Gasteiger partial charge on any atom is -0.326 e. The van der Waals surface area contributed by atoms with Gasteiger partial charge in [-0.1, -0.05) is 12.1 Å². The van der Waals surface area contributed by atoms with Gasteiger partial charge in [-0.15, -0.1) is 12.4 Å². The van der Waals surface area contributed by atoms with Crippen LogP contribution in [0.5, 0.6) is 0 Å². The van der Waals surface area contributed by atoms with Crippen LogP contribution in [-0.2, 0) is 11.3 Å². The average Bonchev–Trinajstić information content (AvgIpc) is 2.98. The molecule has 1 aromatic carbocycles. The SMILES string of the molecule is Cl.O=C1CNCc2c(-c3ccc(NC(=O)C4CNC4)cc3)ccn3ccc1c23. The maximum absolute atomic E-state index is 12.3. The lowest BCUT2D eigenvalue weighted by atomic mass is 9.98. The molecule has 2 aliphatic rings. The summed E-state index contributed by atoms with van der Waals surface area (Å²) in [6, 6.07) is 11.9. The number of carbonyl (C=O) groups is 2. The lowest BCUT2D eigenvalue weighted by Crippen LogP contribution is -2.48. The van der Waals surface area contributed by atoms with Crippen molar-refractivity contribution in [3.63, 3.8) is 0 Å². The standard InChI is InChI=1S/C21H20N4O2.ClH/c26-19-12-23-11-18-16(5-7-25-8-6-17(19)20(18)25)13-1-3-15(4-2-13)24-21(27)14-9-22-10-14;/h1-8,14,22-23H,9-12H2,(H,24,27);1H. The lowest BCUT2D eigenvalue weighted by Gasteiger charge is -2.25. The van der Waals surface area contributed by atoms with Crippen molar-refractivity contribution in [1.29, 1.82) is 0 Å². The van der Waals surface area contributed by atoms with Gasteiger partial charge in [-0.2, -0.15) is 0 Å². The van der Waals surface area contributed by atoms with Crippen molar-refractivity contribution >= 4 is 35.3 Å². The van der Waals surface area contributed by atoms with E-state index in [9.17, 15) is 9.59 Å². The van der Waals surface area contributed by atoms with Gasteiger partial charge in [-0.3, -0.25) is 9.59 Å². The number of nitrogens with one attached hydrogen (secondary N) is 3. The molecule has 1 fully saturated rings. The third-order valence-electron chi connectivity index (χ3n) is 5.43. The molecule has 7 heteroatoms. The van der Waals surface area contributed by atoms with Gasteiger partial charge in [0, 0.05) is 43.3 Å². The second-order valence-corrected chi connectivity index (χ2v) is 7.14. The van der Waals surface area contributed by atoms with E-state index in [0.29, 0.717) is 13.1 Å². The summed E-state index contributed by atoms with van der Waals surface area (Å²) < 4.78 is 2.01. The van der Waals surface area contributed by atoms with Gasteiger partial charge in [0.25, 0.3) is 0 Å². The number of pyridine rings is 1. The van der Waals surface area contributed by atoms with Crippen LogP contribution in [0.15, 0.2) is 48.8 Å². The number of carbonyl (C=O) groups excluding carboxylic acids is 2. The number of hydrogen-bond acceptors (Lipinski definition) is 4. The van der Waals surface area contributed by atoms with E-state index in [1.54, 1.807) is 0 Å². The molecule has 0 unspecified atom stereocenters. The van der Waals surface area contributed by atoms with Crippen LogP contribution >= 0.6 is 12.4 Å². The molecule has 3 N–H and O–H groups in total. The molecule has 4 heterocycles. The highest BCUT2D eigenvalue weighted by Gasteiger charge is 2.25. The minimum absolute atomic E-state index is 0. The molecule has 144 valence electrons. The Bertz CT molecular complexity index is 1050. The maximum atomic E-state index is 12.3. The van der Waals surface area contributed by atoms with Gasteiger partial charge in [0.05, 0.1) is 18.0 Å². The van der Waals surface area contributed by atoms with Crippen molar-refractivity contribution in [1.82, 2.24) is 15.0 Å². The third kappa shape index (κ3) is 3.09. The van der Waals surface area contributed by atoms with Gasteiger partial charge >= 0.3 is 0 Å². The van der Waals surface area contributed by atoms with Crippen LogP contribution in [0.2, 0.25) is 0 Å². The number of Topliss-reactive ketones (excluding diaryl/α,β-unsaturated/α-hetero) is 1. The van der Waals surface area contributed by atoms with Gasteiger partial charge in [-0.25, -0.2) is 0 Å². The largest absolute Gasteiger partial charge is 0.326 e. The van der Waals surface area contributed by atoms with Crippen molar-refractivity contribution in [2.45, 2.75) is 6.54 Å². The molecule has 2 aliphatic heterocycles. The molecule has 1 saturated heterocycles. The molecule has 5 rings (SSSR count). The number of amides is 1. The van der Waals surface area contributed by atoms with Gasteiger partial charge < -0.3 is 20.4 Å². The Morgan fingerprint density at radius 2 is 1.68 bits per heavy atom. The van der Waals surface area contributed by atoms with E-state index in [-0.39, 0.29) is 30.0 Å². The van der Waals surface area contributed by atoms with E-state index in [4.69, 9.17) is 0 Å². The molecule has 0 spiro atoms. The normalized spacial score (nSPS) is 16.2. The number of hydrogen-bond donors (Lipinski definition) is 3. The van der Waals surface area contributed by atoms with Crippen molar-refractivity contribution in [2.75, 3.05) is 25.0 Å². The van der Waals surface area contributed by atoms with Crippen LogP contribution in [0.4, 0.5) is 5.69 Å². The molecule has 0 bridgehead atoms. The maximum Gasteiger partial charge on any atom is 0.230 e. The van der Waals surface area contributed by atoms with Crippen molar-refractivity contribution in [3.8, 4) is 11.1 Å². The van der Waals surface area contributed by atoms with Crippen LogP contribution in [-0.4, -0.2) is 35.7 Å². The fraction of sp³-hybridized carbons (Fsp3) is 0.238. The summed E-state index contributed by atoms with van der Waals surface area (Å²) >= 11 is 0. The number of aromatic nitrogens is 1. The topological polar surface area (TPSA) is 74.6 Å². The van der Waals surface area contributed by atoms with Gasteiger partial charge in [0.15, 0.2) is 5.78 Å². The minimum atomic E-state index is 0. The fourth-order valence-electron chi connectivity index (χ4n) is 3.80. The first-order chi connectivity index (χ1) is 13.2. The molecule has 0 aliphatic carbocycles. The highest BCUT2D eigenvalue weighted by molar-refractivity contribution is 6.06. The summed E-state index contributed by atoms with van der Waals surface area (Å²) in [7, 11) is 0. The first kappa shape index (κ1) is 18.7. The molecular weight excluding hydrogens is 376 g/mol. The molecule has 28 heavy (non-hydrogen) atoms.